The maximum atomic E-state index is 11.1. The predicted octanol–water partition coefficient (Wildman–Crippen LogP) is 3.66. The van der Waals surface area contributed by atoms with Gasteiger partial charge in [-0.15, -0.1) is 4.52 Å². The van der Waals surface area contributed by atoms with Crippen LogP contribution in [0.3, 0.4) is 0 Å². The van der Waals surface area contributed by atoms with E-state index in [-0.39, 0.29) is 0 Å². The average molecular weight is 210 g/mol. The van der Waals surface area contributed by atoms with Crippen molar-refractivity contribution in [3.05, 3.63) is 0 Å². The van der Waals surface area contributed by atoms with Crippen molar-refractivity contribution in [2.24, 2.45) is 0 Å². The average Bonchev–Trinajstić information content (AvgIpc) is 2.05. The number of alkyl halides is 1. The van der Waals surface area contributed by atoms with Crippen molar-refractivity contribution >= 4 is 19.6 Å². The summed E-state index contributed by atoms with van der Waals surface area (Å²) in [7, 11) is -1.53. The zero-order valence-electron chi connectivity index (χ0n) is 7.38. The molecule has 2 nitrogen and oxygen atoms in total. The zero-order chi connectivity index (χ0) is 9.03. The van der Waals surface area contributed by atoms with Crippen molar-refractivity contribution in [3.8, 4) is 0 Å². The molecule has 1 atom stereocenters. The van der Waals surface area contributed by atoms with E-state index >= 15 is 0 Å². The van der Waals surface area contributed by atoms with Gasteiger partial charge in [0.25, 0.3) is 0 Å². The van der Waals surface area contributed by atoms with Crippen LogP contribution in [0.2, 0.25) is 0 Å². The predicted molar refractivity (Wildman–Crippen MR) is 50.9 cm³/mol. The Bertz CT molecular complexity index is 166. The smallest absolute Gasteiger partial charge is 0.123 e. The molecule has 0 spiro atoms. The third-order valence-corrected chi connectivity index (χ3v) is 3.76. The fourth-order valence-corrected chi connectivity index (χ4v) is 2.59. The summed E-state index contributed by atoms with van der Waals surface area (Å²) in [4.78, 5) is 0. The van der Waals surface area contributed by atoms with Crippen LogP contribution in [0, 0.1) is 0 Å². The molecule has 0 aromatic carbocycles. The normalized spacial score (nSPS) is 23.7. The van der Waals surface area contributed by atoms with Gasteiger partial charge < -0.3 is 0 Å². The van der Waals surface area contributed by atoms with Crippen LogP contribution in [0.4, 0.5) is 0 Å². The van der Waals surface area contributed by atoms with E-state index in [4.69, 9.17) is 16.1 Å². The third kappa shape index (κ3) is 3.01. The van der Waals surface area contributed by atoms with Gasteiger partial charge in [0.1, 0.15) is 0 Å². The van der Waals surface area contributed by atoms with E-state index in [1.165, 1.54) is 6.42 Å². The first kappa shape index (κ1) is 10.4. The van der Waals surface area contributed by atoms with Gasteiger partial charge in [0.2, 0.25) is 0 Å². The molecule has 1 saturated carbocycles. The second-order valence-electron chi connectivity index (χ2n) is 3.18. The van der Waals surface area contributed by atoms with Crippen molar-refractivity contribution in [2.45, 2.75) is 44.1 Å². The fraction of sp³-hybridized carbons (Fsp3) is 1.00. The molecule has 1 aliphatic rings. The molecule has 1 fully saturated rings. The summed E-state index contributed by atoms with van der Waals surface area (Å²) in [6, 6.07) is 0. The van der Waals surface area contributed by atoms with Gasteiger partial charge in [-0.3, -0.25) is 0 Å². The van der Waals surface area contributed by atoms with Gasteiger partial charge in [0.15, 0.2) is 11.2 Å². The van der Waals surface area contributed by atoms with Crippen molar-refractivity contribution in [2.75, 3.05) is 6.16 Å². The molecule has 0 bridgehead atoms. The fourth-order valence-electron chi connectivity index (χ4n) is 1.42. The Labute approximate surface area is 79.5 Å². The van der Waals surface area contributed by atoms with Crippen LogP contribution < -0.4 is 0 Å². The molecule has 0 aromatic heterocycles. The molecule has 1 aliphatic carbocycles. The number of hydrogen-bond donors (Lipinski definition) is 0. The second-order valence-corrected chi connectivity index (χ2v) is 5.35. The summed E-state index contributed by atoms with van der Waals surface area (Å²) in [5.74, 6) is 0. The van der Waals surface area contributed by atoms with E-state index < -0.39 is 13.1 Å². The first-order valence-electron chi connectivity index (χ1n) is 4.49. The monoisotopic (exact) mass is 209 g/mol. The lowest BCUT2D eigenvalue weighted by Gasteiger charge is -2.24. The van der Waals surface area contributed by atoms with E-state index in [2.05, 4.69) is 0 Å². The van der Waals surface area contributed by atoms with Gasteiger partial charge in [0.05, 0.1) is 0 Å². The highest BCUT2D eigenvalue weighted by Crippen LogP contribution is 2.42. The summed E-state index contributed by atoms with van der Waals surface area (Å²) in [6.07, 6.45) is 5.66. The van der Waals surface area contributed by atoms with Gasteiger partial charge in [-0.25, -0.2) is 0 Å². The van der Waals surface area contributed by atoms with E-state index in [0.717, 1.165) is 25.7 Å². The number of hydrogen-bond acceptors (Lipinski definition) is 2. The molecule has 70 valence electrons. The van der Waals surface area contributed by atoms with Crippen molar-refractivity contribution in [1.82, 2.24) is 0 Å². The van der Waals surface area contributed by atoms with Crippen LogP contribution in [0.15, 0.2) is 0 Å². The second kappa shape index (κ2) is 4.55. The highest BCUT2D eigenvalue weighted by molar-refractivity contribution is 7.39. The van der Waals surface area contributed by atoms with Crippen molar-refractivity contribution in [1.29, 1.82) is 0 Å². The van der Waals surface area contributed by atoms with Crippen molar-refractivity contribution < 1.29 is 9.09 Å². The Balaban J connectivity index is 2.41. The lowest BCUT2D eigenvalue weighted by Crippen LogP contribution is -2.25. The summed E-state index contributed by atoms with van der Waals surface area (Å²) >= 11 is 6.14. The van der Waals surface area contributed by atoms with E-state index in [1.54, 1.807) is 0 Å². The minimum atomic E-state index is -1.53. The molecule has 12 heavy (non-hydrogen) atoms. The molecular weight excluding hydrogens is 195 g/mol. The molecule has 0 N–H and O–H groups in total. The third-order valence-electron chi connectivity index (χ3n) is 2.12. The van der Waals surface area contributed by atoms with Crippen LogP contribution in [0.25, 0.3) is 0 Å². The standard InChI is InChI=1S/C8H15ClO2P/c1-2-12(10)11-8(9)6-4-3-5-7-8/h2-7H2,1H3/q+1. The molecule has 0 radical (unpaired) electrons. The van der Waals surface area contributed by atoms with Crippen molar-refractivity contribution in [3.63, 3.8) is 0 Å². The maximum Gasteiger partial charge on any atom is 0.509 e. The van der Waals surface area contributed by atoms with Crippen LogP contribution in [0.1, 0.15) is 39.0 Å². The molecule has 1 unspecified atom stereocenters. The van der Waals surface area contributed by atoms with Crippen LogP contribution >= 0.6 is 19.6 Å². The van der Waals surface area contributed by atoms with Gasteiger partial charge in [-0.2, -0.15) is 0 Å². The first-order valence-corrected chi connectivity index (χ1v) is 6.23. The Hall–Kier alpha value is 0.350. The van der Waals surface area contributed by atoms with Crippen LogP contribution in [-0.4, -0.2) is 11.2 Å². The Kier molecular flexibility index (Phi) is 3.95. The summed E-state index contributed by atoms with van der Waals surface area (Å²) in [6.45, 7) is 1.85. The van der Waals surface area contributed by atoms with Gasteiger partial charge in [-0.05, 0) is 37.2 Å². The minimum Gasteiger partial charge on any atom is -0.123 e. The maximum absolute atomic E-state index is 11.1. The zero-order valence-corrected chi connectivity index (χ0v) is 9.03. The molecule has 1 rings (SSSR count). The Morgan fingerprint density at radius 3 is 2.50 bits per heavy atom. The Morgan fingerprint density at radius 2 is 2.00 bits per heavy atom. The number of rotatable bonds is 3. The molecule has 4 heteroatoms. The Morgan fingerprint density at radius 1 is 1.42 bits per heavy atom. The van der Waals surface area contributed by atoms with E-state index in [9.17, 15) is 4.57 Å². The number of halogens is 1. The molecular formula is C8H15ClO2P+. The van der Waals surface area contributed by atoms with E-state index in [0.29, 0.717) is 6.16 Å². The quantitative estimate of drug-likeness (QED) is 0.524. The summed E-state index contributed by atoms with van der Waals surface area (Å²) < 4.78 is 16.4. The SMILES string of the molecule is CC[P+](=O)OC1(Cl)CCCCC1. The van der Waals surface area contributed by atoms with Crippen LogP contribution in [0.5, 0.6) is 0 Å². The summed E-state index contributed by atoms with van der Waals surface area (Å²) in [5.41, 5.74) is 0. The molecule has 0 amide bonds. The van der Waals surface area contributed by atoms with Crippen LogP contribution in [-0.2, 0) is 9.09 Å². The summed E-state index contributed by atoms with van der Waals surface area (Å²) in [5, 5.41) is -0.609. The molecule has 0 aromatic rings. The lowest BCUT2D eigenvalue weighted by atomic mass is 9.97. The molecule has 0 saturated heterocycles. The van der Waals surface area contributed by atoms with Gasteiger partial charge >= 0.3 is 8.03 Å². The topological polar surface area (TPSA) is 26.3 Å². The first-order chi connectivity index (χ1) is 5.66. The largest absolute Gasteiger partial charge is 0.509 e. The molecule has 0 heterocycles. The highest BCUT2D eigenvalue weighted by Gasteiger charge is 2.38. The highest BCUT2D eigenvalue weighted by atomic mass is 35.5. The lowest BCUT2D eigenvalue weighted by molar-refractivity contribution is 0.123. The molecule has 0 aliphatic heterocycles. The minimum absolute atomic E-state index is 0.559. The van der Waals surface area contributed by atoms with Gasteiger partial charge in [-0.1, -0.05) is 18.0 Å². The van der Waals surface area contributed by atoms with Gasteiger partial charge in [0, 0.05) is 0 Å². The van der Waals surface area contributed by atoms with E-state index in [1.807, 2.05) is 6.92 Å².